The highest BCUT2D eigenvalue weighted by Crippen LogP contribution is 2.34. The summed E-state index contributed by atoms with van der Waals surface area (Å²) >= 11 is 0. The third-order valence-electron chi connectivity index (χ3n) is 3.31. The number of nitrogens with two attached hydrogens (primary N) is 1. The van der Waals surface area contributed by atoms with E-state index in [1.807, 2.05) is 12.1 Å². The number of rotatable bonds is 0. The maximum atomic E-state index is 10.2. The first kappa shape index (κ1) is 12.4. The van der Waals surface area contributed by atoms with Crippen LogP contribution in [-0.2, 0) is 5.41 Å². The van der Waals surface area contributed by atoms with E-state index in [0.29, 0.717) is 13.0 Å². The molecule has 1 aliphatic heterocycles. The quantitative estimate of drug-likeness (QED) is 0.724. The van der Waals surface area contributed by atoms with Gasteiger partial charge in [0.15, 0.2) is 0 Å². The van der Waals surface area contributed by atoms with Gasteiger partial charge in [-0.2, -0.15) is 0 Å². The molecule has 0 saturated heterocycles. The lowest BCUT2D eigenvalue weighted by Crippen LogP contribution is -2.28. The van der Waals surface area contributed by atoms with Crippen molar-refractivity contribution in [2.45, 2.75) is 44.8 Å². The van der Waals surface area contributed by atoms with Crippen molar-refractivity contribution in [3.8, 4) is 5.75 Å². The predicted octanol–water partition coefficient (Wildman–Crippen LogP) is 2.13. The van der Waals surface area contributed by atoms with E-state index in [1.165, 1.54) is 5.56 Å². The fourth-order valence-corrected chi connectivity index (χ4v) is 2.07. The van der Waals surface area contributed by atoms with Crippen molar-refractivity contribution >= 4 is 0 Å². The highest BCUT2D eigenvalue weighted by Gasteiger charge is 2.26. The van der Waals surface area contributed by atoms with E-state index in [2.05, 4.69) is 26.8 Å². The summed E-state index contributed by atoms with van der Waals surface area (Å²) in [5.74, 6) is 0.762. The molecule has 1 aromatic carbocycles. The van der Waals surface area contributed by atoms with Gasteiger partial charge in [0.25, 0.3) is 0 Å². The smallest absolute Gasteiger partial charge is 0.125 e. The summed E-state index contributed by atoms with van der Waals surface area (Å²) in [7, 11) is 0. The van der Waals surface area contributed by atoms with Crippen LogP contribution in [0.5, 0.6) is 5.75 Å². The SMILES string of the molecule is CC(C)(C)c1ccc2c(c1)C(O)C(N)CCO2. The first-order valence-corrected chi connectivity index (χ1v) is 6.10. The van der Waals surface area contributed by atoms with Crippen molar-refractivity contribution in [3.05, 3.63) is 29.3 Å². The number of hydrogen-bond acceptors (Lipinski definition) is 3. The van der Waals surface area contributed by atoms with Crippen molar-refractivity contribution in [2.24, 2.45) is 5.73 Å². The summed E-state index contributed by atoms with van der Waals surface area (Å²) in [6.07, 6.45) is 0.0514. The van der Waals surface area contributed by atoms with Gasteiger partial charge in [0.2, 0.25) is 0 Å². The Labute approximate surface area is 103 Å². The van der Waals surface area contributed by atoms with Crippen LogP contribution in [-0.4, -0.2) is 17.8 Å². The predicted molar refractivity (Wildman–Crippen MR) is 68.2 cm³/mol. The monoisotopic (exact) mass is 235 g/mol. The molecule has 1 aliphatic rings. The van der Waals surface area contributed by atoms with E-state index >= 15 is 0 Å². The maximum absolute atomic E-state index is 10.2. The molecule has 17 heavy (non-hydrogen) atoms. The molecule has 1 heterocycles. The van der Waals surface area contributed by atoms with Crippen LogP contribution in [0.4, 0.5) is 0 Å². The minimum Gasteiger partial charge on any atom is -0.493 e. The number of benzene rings is 1. The third kappa shape index (κ3) is 2.45. The van der Waals surface area contributed by atoms with Gasteiger partial charge in [-0.15, -0.1) is 0 Å². The van der Waals surface area contributed by atoms with Crippen molar-refractivity contribution in [2.75, 3.05) is 6.61 Å². The number of fused-ring (bicyclic) bond motifs is 1. The first-order chi connectivity index (χ1) is 7.89. The maximum Gasteiger partial charge on any atom is 0.125 e. The molecule has 3 nitrogen and oxygen atoms in total. The van der Waals surface area contributed by atoms with E-state index < -0.39 is 6.10 Å². The molecule has 0 saturated carbocycles. The summed E-state index contributed by atoms with van der Waals surface area (Å²) in [6.45, 7) is 7.02. The standard InChI is InChI=1S/C14H21NO2/c1-14(2,3)9-4-5-12-10(8-9)13(16)11(15)6-7-17-12/h4-5,8,11,13,16H,6-7,15H2,1-3H3. The number of aliphatic hydroxyl groups is 1. The van der Waals surface area contributed by atoms with Crippen LogP contribution in [0.25, 0.3) is 0 Å². The normalized spacial score (nSPS) is 24.8. The molecule has 0 fully saturated rings. The second-order valence-corrected chi connectivity index (χ2v) is 5.75. The Morgan fingerprint density at radius 2 is 2.06 bits per heavy atom. The van der Waals surface area contributed by atoms with Gasteiger partial charge in [0, 0.05) is 11.6 Å². The average Bonchev–Trinajstić information content (AvgIpc) is 2.39. The van der Waals surface area contributed by atoms with Gasteiger partial charge in [0.05, 0.1) is 12.7 Å². The van der Waals surface area contributed by atoms with Gasteiger partial charge >= 0.3 is 0 Å². The summed E-state index contributed by atoms with van der Waals surface area (Å²) in [5, 5.41) is 10.2. The lowest BCUT2D eigenvalue weighted by atomic mass is 9.85. The molecule has 0 radical (unpaired) electrons. The highest BCUT2D eigenvalue weighted by atomic mass is 16.5. The highest BCUT2D eigenvalue weighted by molar-refractivity contribution is 5.42. The molecule has 0 aliphatic carbocycles. The molecule has 2 rings (SSSR count). The van der Waals surface area contributed by atoms with Crippen molar-refractivity contribution in [1.29, 1.82) is 0 Å². The molecule has 0 amide bonds. The summed E-state index contributed by atoms with van der Waals surface area (Å²) in [4.78, 5) is 0. The fraction of sp³-hybridized carbons (Fsp3) is 0.571. The Bertz CT molecular complexity index is 409. The molecule has 3 N–H and O–H groups in total. The van der Waals surface area contributed by atoms with E-state index in [1.54, 1.807) is 0 Å². The Balaban J connectivity index is 2.46. The van der Waals surface area contributed by atoms with Gasteiger partial charge in [-0.1, -0.05) is 26.8 Å². The average molecular weight is 235 g/mol. The summed E-state index contributed by atoms with van der Waals surface area (Å²) in [6, 6.07) is 5.77. The topological polar surface area (TPSA) is 55.5 Å². The van der Waals surface area contributed by atoms with Crippen LogP contribution >= 0.6 is 0 Å². The van der Waals surface area contributed by atoms with Gasteiger partial charge in [-0.25, -0.2) is 0 Å². The molecule has 0 bridgehead atoms. The molecule has 0 spiro atoms. The van der Waals surface area contributed by atoms with E-state index in [9.17, 15) is 5.11 Å². The zero-order valence-corrected chi connectivity index (χ0v) is 10.7. The lowest BCUT2D eigenvalue weighted by molar-refractivity contribution is 0.144. The molecule has 1 aromatic rings. The Kier molecular flexibility index (Phi) is 3.15. The molecule has 2 atom stereocenters. The van der Waals surface area contributed by atoms with Gasteiger partial charge in [0.1, 0.15) is 5.75 Å². The first-order valence-electron chi connectivity index (χ1n) is 6.10. The Morgan fingerprint density at radius 1 is 1.35 bits per heavy atom. The minimum absolute atomic E-state index is 0.0607. The second-order valence-electron chi connectivity index (χ2n) is 5.75. The molecule has 94 valence electrons. The van der Waals surface area contributed by atoms with E-state index in [0.717, 1.165) is 11.3 Å². The summed E-state index contributed by atoms with van der Waals surface area (Å²) < 4.78 is 5.62. The molecule has 0 aromatic heterocycles. The van der Waals surface area contributed by atoms with Crippen molar-refractivity contribution in [1.82, 2.24) is 0 Å². The van der Waals surface area contributed by atoms with Crippen LogP contribution in [0.2, 0.25) is 0 Å². The van der Waals surface area contributed by atoms with Gasteiger partial charge < -0.3 is 15.6 Å². The lowest BCUT2D eigenvalue weighted by Gasteiger charge is -2.22. The van der Waals surface area contributed by atoms with Crippen LogP contribution in [0, 0.1) is 0 Å². The fourth-order valence-electron chi connectivity index (χ4n) is 2.07. The van der Waals surface area contributed by atoms with Crippen LogP contribution in [0.15, 0.2) is 18.2 Å². The van der Waals surface area contributed by atoms with Gasteiger partial charge in [-0.05, 0) is 29.5 Å². The third-order valence-corrected chi connectivity index (χ3v) is 3.31. The number of ether oxygens (including phenoxy) is 1. The summed E-state index contributed by atoms with van der Waals surface area (Å²) in [5.41, 5.74) is 7.99. The van der Waals surface area contributed by atoms with E-state index in [-0.39, 0.29) is 11.5 Å². The zero-order valence-electron chi connectivity index (χ0n) is 10.7. The molecule has 2 unspecified atom stereocenters. The minimum atomic E-state index is -0.630. The van der Waals surface area contributed by atoms with Crippen molar-refractivity contribution < 1.29 is 9.84 Å². The zero-order chi connectivity index (χ0) is 12.6. The molecular formula is C14H21NO2. The number of hydrogen-bond donors (Lipinski definition) is 2. The van der Waals surface area contributed by atoms with Crippen LogP contribution < -0.4 is 10.5 Å². The van der Waals surface area contributed by atoms with E-state index in [4.69, 9.17) is 10.5 Å². The van der Waals surface area contributed by atoms with Crippen LogP contribution in [0.1, 0.15) is 44.4 Å². The van der Waals surface area contributed by atoms with Crippen LogP contribution in [0.3, 0.4) is 0 Å². The Hall–Kier alpha value is -1.06. The van der Waals surface area contributed by atoms with Gasteiger partial charge in [-0.3, -0.25) is 0 Å². The Morgan fingerprint density at radius 3 is 2.71 bits per heavy atom. The molecule has 3 heteroatoms. The number of aliphatic hydroxyl groups excluding tert-OH is 1. The molecular weight excluding hydrogens is 214 g/mol. The largest absolute Gasteiger partial charge is 0.493 e. The second kappa shape index (κ2) is 4.31. The van der Waals surface area contributed by atoms with Crippen molar-refractivity contribution in [3.63, 3.8) is 0 Å².